The van der Waals surface area contributed by atoms with Crippen LogP contribution in [0.2, 0.25) is 0 Å². The molecule has 0 radical (unpaired) electrons. The van der Waals surface area contributed by atoms with Crippen molar-refractivity contribution in [2.24, 2.45) is 0 Å². The summed E-state index contributed by atoms with van der Waals surface area (Å²) in [5.41, 5.74) is 2.97. The van der Waals surface area contributed by atoms with Crippen LogP contribution in [0.15, 0.2) is 24.3 Å². The number of nitrogens with one attached hydrogen (secondary N) is 1. The third-order valence-corrected chi connectivity index (χ3v) is 4.20. The molecule has 2 nitrogen and oxygen atoms in total. The molecule has 2 heteroatoms. The van der Waals surface area contributed by atoms with Crippen LogP contribution in [0.3, 0.4) is 0 Å². The van der Waals surface area contributed by atoms with Crippen molar-refractivity contribution in [3.8, 4) is 0 Å². The maximum atomic E-state index is 3.60. The van der Waals surface area contributed by atoms with Gasteiger partial charge in [-0.15, -0.1) is 0 Å². The van der Waals surface area contributed by atoms with Crippen LogP contribution in [-0.4, -0.2) is 24.7 Å². The van der Waals surface area contributed by atoms with Crippen molar-refractivity contribution in [1.82, 2.24) is 5.32 Å². The Morgan fingerprint density at radius 1 is 1.32 bits per heavy atom. The van der Waals surface area contributed by atoms with Gasteiger partial charge in [-0.2, -0.15) is 0 Å². The average molecular weight is 260 g/mol. The monoisotopic (exact) mass is 260 g/mol. The highest BCUT2D eigenvalue weighted by molar-refractivity contribution is 5.57. The third-order valence-electron chi connectivity index (χ3n) is 4.20. The van der Waals surface area contributed by atoms with E-state index in [0.29, 0.717) is 18.1 Å². The molecule has 0 aromatic heterocycles. The molecular formula is C17H28N2. The van der Waals surface area contributed by atoms with Gasteiger partial charge in [-0.05, 0) is 37.8 Å². The fraction of sp³-hybridized carbons (Fsp3) is 0.647. The third kappa shape index (κ3) is 3.30. The van der Waals surface area contributed by atoms with Gasteiger partial charge >= 0.3 is 0 Å². The molecule has 0 aliphatic carbocycles. The average Bonchev–Trinajstić information content (AvgIpc) is 2.41. The van der Waals surface area contributed by atoms with Crippen LogP contribution in [0.5, 0.6) is 0 Å². The van der Waals surface area contributed by atoms with Gasteiger partial charge in [-0.3, -0.25) is 0 Å². The van der Waals surface area contributed by atoms with Gasteiger partial charge in [0, 0.05) is 30.4 Å². The number of para-hydroxylation sites is 1. The highest BCUT2D eigenvalue weighted by Gasteiger charge is 2.27. The fourth-order valence-electron chi connectivity index (χ4n) is 3.08. The number of nitrogens with zero attached hydrogens (tertiary/aromatic N) is 1. The first-order chi connectivity index (χ1) is 9.13. The van der Waals surface area contributed by atoms with Crippen LogP contribution in [-0.2, 0) is 6.42 Å². The van der Waals surface area contributed by atoms with Crippen LogP contribution in [0, 0.1) is 0 Å². The van der Waals surface area contributed by atoms with E-state index in [1.54, 1.807) is 0 Å². The smallest absolute Gasteiger partial charge is 0.0415 e. The first kappa shape index (κ1) is 14.4. The van der Waals surface area contributed by atoms with E-state index in [1.165, 1.54) is 30.5 Å². The predicted molar refractivity (Wildman–Crippen MR) is 83.9 cm³/mol. The van der Waals surface area contributed by atoms with Crippen LogP contribution in [0.4, 0.5) is 5.69 Å². The van der Waals surface area contributed by atoms with Gasteiger partial charge in [0.05, 0.1) is 0 Å². The number of aryl methyl sites for hydroxylation is 1. The summed E-state index contributed by atoms with van der Waals surface area (Å²) >= 11 is 0. The normalized spacial score (nSPS) is 20.5. The van der Waals surface area contributed by atoms with E-state index in [9.17, 15) is 0 Å². The first-order valence-electron chi connectivity index (χ1n) is 7.73. The Morgan fingerprint density at radius 3 is 2.74 bits per heavy atom. The number of fused-ring (bicyclic) bond motifs is 1. The standard InChI is InChI=1S/C17H28N2/c1-5-16(12-18-13(2)3)19-14(4)10-11-15-8-6-7-9-17(15)19/h6-9,13-14,16,18H,5,10-12H2,1-4H3. The van der Waals surface area contributed by atoms with Crippen LogP contribution in [0.1, 0.15) is 46.1 Å². The quantitative estimate of drug-likeness (QED) is 0.870. The molecule has 0 amide bonds. The molecular weight excluding hydrogens is 232 g/mol. The van der Waals surface area contributed by atoms with Crippen LogP contribution in [0.25, 0.3) is 0 Å². The van der Waals surface area contributed by atoms with Gasteiger partial charge in [0.25, 0.3) is 0 Å². The van der Waals surface area contributed by atoms with Crippen molar-refractivity contribution >= 4 is 5.69 Å². The van der Waals surface area contributed by atoms with E-state index >= 15 is 0 Å². The summed E-state index contributed by atoms with van der Waals surface area (Å²) in [7, 11) is 0. The summed E-state index contributed by atoms with van der Waals surface area (Å²) in [6.07, 6.45) is 3.69. The molecule has 0 spiro atoms. The lowest BCUT2D eigenvalue weighted by Crippen LogP contribution is -2.50. The minimum absolute atomic E-state index is 0.560. The van der Waals surface area contributed by atoms with Crippen molar-refractivity contribution < 1.29 is 0 Å². The van der Waals surface area contributed by atoms with Gasteiger partial charge in [-0.1, -0.05) is 39.0 Å². The Kier molecular flexibility index (Phi) is 4.87. The summed E-state index contributed by atoms with van der Waals surface area (Å²) in [4.78, 5) is 2.65. The minimum atomic E-state index is 0.560. The van der Waals surface area contributed by atoms with Crippen molar-refractivity contribution in [3.05, 3.63) is 29.8 Å². The zero-order valence-electron chi connectivity index (χ0n) is 12.8. The molecule has 0 saturated heterocycles. The molecule has 2 rings (SSSR count). The Hall–Kier alpha value is -1.02. The van der Waals surface area contributed by atoms with E-state index in [0.717, 1.165) is 6.54 Å². The number of benzene rings is 1. The lowest BCUT2D eigenvalue weighted by molar-refractivity contribution is 0.435. The van der Waals surface area contributed by atoms with Gasteiger partial charge in [-0.25, -0.2) is 0 Å². The zero-order chi connectivity index (χ0) is 13.8. The molecule has 0 saturated carbocycles. The molecule has 1 aliphatic heterocycles. The predicted octanol–water partition coefficient (Wildman–Crippen LogP) is 3.60. The Bertz CT molecular complexity index is 400. The summed E-state index contributed by atoms with van der Waals surface area (Å²) in [5, 5.41) is 3.60. The molecule has 1 heterocycles. The van der Waals surface area contributed by atoms with E-state index in [1.807, 2.05) is 0 Å². The highest BCUT2D eigenvalue weighted by Crippen LogP contribution is 2.32. The van der Waals surface area contributed by atoms with E-state index in [4.69, 9.17) is 0 Å². The Morgan fingerprint density at radius 2 is 2.05 bits per heavy atom. The zero-order valence-corrected chi connectivity index (χ0v) is 12.8. The molecule has 1 aliphatic rings. The molecule has 0 bridgehead atoms. The lowest BCUT2D eigenvalue weighted by Gasteiger charge is -2.43. The molecule has 106 valence electrons. The van der Waals surface area contributed by atoms with Crippen molar-refractivity contribution in [1.29, 1.82) is 0 Å². The van der Waals surface area contributed by atoms with E-state index in [2.05, 4.69) is 62.2 Å². The van der Waals surface area contributed by atoms with Gasteiger partial charge in [0.2, 0.25) is 0 Å². The Balaban J connectivity index is 2.20. The Labute approximate surface area is 118 Å². The molecule has 2 unspecified atom stereocenters. The van der Waals surface area contributed by atoms with Crippen molar-refractivity contribution in [2.45, 2.75) is 65.1 Å². The topological polar surface area (TPSA) is 15.3 Å². The number of rotatable bonds is 5. The van der Waals surface area contributed by atoms with E-state index < -0.39 is 0 Å². The SMILES string of the molecule is CCC(CNC(C)C)N1c2ccccc2CCC1C. The van der Waals surface area contributed by atoms with Crippen molar-refractivity contribution in [2.75, 3.05) is 11.4 Å². The second-order valence-electron chi connectivity index (χ2n) is 6.05. The first-order valence-corrected chi connectivity index (χ1v) is 7.73. The maximum Gasteiger partial charge on any atom is 0.0415 e. The van der Waals surface area contributed by atoms with Crippen LogP contribution < -0.4 is 10.2 Å². The fourth-order valence-corrected chi connectivity index (χ4v) is 3.08. The van der Waals surface area contributed by atoms with E-state index in [-0.39, 0.29) is 0 Å². The molecule has 19 heavy (non-hydrogen) atoms. The summed E-state index contributed by atoms with van der Waals surface area (Å²) in [6, 6.07) is 10.7. The number of hydrogen-bond acceptors (Lipinski definition) is 2. The largest absolute Gasteiger partial charge is 0.364 e. The molecule has 1 aromatic rings. The molecule has 1 aromatic carbocycles. The maximum absolute atomic E-state index is 3.60. The minimum Gasteiger partial charge on any atom is -0.364 e. The number of anilines is 1. The molecule has 1 N–H and O–H groups in total. The molecule has 2 atom stereocenters. The summed E-state index contributed by atoms with van der Waals surface area (Å²) < 4.78 is 0. The van der Waals surface area contributed by atoms with Gasteiger partial charge in [0.1, 0.15) is 0 Å². The summed E-state index contributed by atoms with van der Waals surface area (Å²) in [5.74, 6) is 0. The van der Waals surface area contributed by atoms with Crippen molar-refractivity contribution in [3.63, 3.8) is 0 Å². The highest BCUT2D eigenvalue weighted by atomic mass is 15.2. The second-order valence-corrected chi connectivity index (χ2v) is 6.05. The second kappa shape index (κ2) is 6.42. The van der Waals surface area contributed by atoms with Gasteiger partial charge in [0.15, 0.2) is 0 Å². The van der Waals surface area contributed by atoms with Gasteiger partial charge < -0.3 is 10.2 Å². The summed E-state index contributed by atoms with van der Waals surface area (Å²) in [6.45, 7) is 10.2. The molecule has 0 fully saturated rings. The lowest BCUT2D eigenvalue weighted by atomic mass is 9.94. The number of hydrogen-bond donors (Lipinski definition) is 1. The van der Waals surface area contributed by atoms with Crippen LogP contribution >= 0.6 is 0 Å².